The van der Waals surface area contributed by atoms with E-state index in [2.05, 4.69) is 14.7 Å². The first-order chi connectivity index (χ1) is 12.4. The lowest BCUT2D eigenvalue weighted by molar-refractivity contribution is -0.274. The lowest BCUT2D eigenvalue weighted by Crippen LogP contribution is -2.16. The minimum Gasteiger partial charge on any atom is -0.406 e. The van der Waals surface area contributed by atoms with Crippen molar-refractivity contribution in [1.29, 1.82) is 5.26 Å². The van der Waals surface area contributed by atoms with Gasteiger partial charge in [0.2, 0.25) is 0 Å². The van der Waals surface area contributed by atoms with Crippen molar-refractivity contribution in [3.63, 3.8) is 0 Å². The van der Waals surface area contributed by atoms with Crippen molar-refractivity contribution in [3.8, 4) is 34.2 Å². The highest BCUT2D eigenvalue weighted by atomic mass is 19.4. The molecule has 3 aromatic rings. The first kappa shape index (κ1) is 17.2. The number of hydrogen-bond acceptors (Lipinski definition) is 5. The molecule has 0 saturated carbocycles. The van der Waals surface area contributed by atoms with E-state index in [1.54, 1.807) is 30.6 Å². The second kappa shape index (κ2) is 6.72. The number of ether oxygens (including phenoxy) is 1. The Morgan fingerprint density at radius 3 is 2.38 bits per heavy atom. The molecule has 130 valence electrons. The van der Waals surface area contributed by atoms with Gasteiger partial charge in [0.25, 0.3) is 0 Å². The topological polar surface area (TPSA) is 84.8 Å². The van der Waals surface area contributed by atoms with Crippen molar-refractivity contribution >= 4 is 5.82 Å². The van der Waals surface area contributed by atoms with Crippen molar-refractivity contribution in [3.05, 3.63) is 60.4 Å². The zero-order valence-corrected chi connectivity index (χ0v) is 13.2. The third-order valence-corrected chi connectivity index (χ3v) is 3.52. The molecule has 2 heterocycles. The summed E-state index contributed by atoms with van der Waals surface area (Å²) in [7, 11) is 0. The highest BCUT2D eigenvalue weighted by molar-refractivity contribution is 5.80. The van der Waals surface area contributed by atoms with Crippen LogP contribution in [0.2, 0.25) is 0 Å². The van der Waals surface area contributed by atoms with Crippen LogP contribution in [0.3, 0.4) is 0 Å². The Labute approximate surface area is 146 Å². The minimum atomic E-state index is -4.77. The summed E-state index contributed by atoms with van der Waals surface area (Å²) in [5.41, 5.74) is 8.20. The molecule has 0 fully saturated rings. The molecular weight excluding hydrogens is 345 g/mol. The van der Waals surface area contributed by atoms with Crippen molar-refractivity contribution in [1.82, 2.24) is 9.97 Å². The Hall–Kier alpha value is -3.60. The monoisotopic (exact) mass is 356 g/mol. The summed E-state index contributed by atoms with van der Waals surface area (Å²) in [5, 5.41) is 9.37. The summed E-state index contributed by atoms with van der Waals surface area (Å²) in [6, 6.07) is 12.3. The molecule has 2 aromatic heterocycles. The molecule has 1 aromatic carbocycles. The Morgan fingerprint density at radius 2 is 1.81 bits per heavy atom. The summed E-state index contributed by atoms with van der Waals surface area (Å²) in [5.74, 6) is -0.325. The standard InChI is InChI=1S/C18H11F3N4O/c19-18(20,21)26-13-5-3-11(4-6-13)14-8-16(12-2-1-7-24-10-12)25-17(23)15(14)9-22/h1-8,10H,(H2,23,25). The maximum absolute atomic E-state index is 12.3. The van der Waals surface area contributed by atoms with Crippen LogP contribution >= 0.6 is 0 Å². The van der Waals surface area contributed by atoms with Crippen LogP contribution in [-0.2, 0) is 0 Å². The number of nitrogen functional groups attached to an aromatic ring is 1. The van der Waals surface area contributed by atoms with Crippen LogP contribution in [0, 0.1) is 11.3 Å². The first-order valence-corrected chi connectivity index (χ1v) is 7.34. The van der Waals surface area contributed by atoms with Crippen LogP contribution in [0.4, 0.5) is 19.0 Å². The van der Waals surface area contributed by atoms with E-state index in [9.17, 15) is 18.4 Å². The van der Waals surface area contributed by atoms with E-state index in [0.29, 0.717) is 22.4 Å². The van der Waals surface area contributed by atoms with Gasteiger partial charge in [-0.2, -0.15) is 5.26 Å². The number of halogens is 3. The third kappa shape index (κ3) is 3.72. The fourth-order valence-corrected chi connectivity index (χ4v) is 2.41. The number of benzene rings is 1. The summed E-state index contributed by atoms with van der Waals surface area (Å²) in [6.45, 7) is 0. The zero-order valence-electron chi connectivity index (χ0n) is 13.2. The predicted octanol–water partition coefficient (Wildman–Crippen LogP) is 4.16. The summed E-state index contributed by atoms with van der Waals surface area (Å²) >= 11 is 0. The number of rotatable bonds is 3. The molecule has 26 heavy (non-hydrogen) atoms. The fraction of sp³-hybridized carbons (Fsp3) is 0.0556. The Kier molecular flexibility index (Phi) is 4.45. The van der Waals surface area contributed by atoms with E-state index in [4.69, 9.17) is 5.73 Å². The molecule has 0 saturated heterocycles. The highest BCUT2D eigenvalue weighted by Gasteiger charge is 2.31. The largest absolute Gasteiger partial charge is 0.573 e. The van der Waals surface area contributed by atoms with Crippen LogP contribution in [0.15, 0.2) is 54.9 Å². The van der Waals surface area contributed by atoms with Gasteiger partial charge in [-0.3, -0.25) is 4.98 Å². The lowest BCUT2D eigenvalue weighted by Gasteiger charge is -2.12. The van der Waals surface area contributed by atoms with Crippen LogP contribution in [0.5, 0.6) is 5.75 Å². The molecule has 0 aliphatic rings. The third-order valence-electron chi connectivity index (χ3n) is 3.52. The van der Waals surface area contributed by atoms with Gasteiger partial charge in [0.1, 0.15) is 23.2 Å². The first-order valence-electron chi connectivity index (χ1n) is 7.34. The van der Waals surface area contributed by atoms with Crippen molar-refractivity contribution < 1.29 is 17.9 Å². The average Bonchev–Trinajstić information content (AvgIpc) is 2.61. The molecule has 0 amide bonds. The molecule has 0 aliphatic carbocycles. The van der Waals surface area contributed by atoms with Gasteiger partial charge >= 0.3 is 6.36 Å². The SMILES string of the molecule is N#Cc1c(-c2ccc(OC(F)(F)F)cc2)cc(-c2cccnc2)nc1N. The molecule has 0 atom stereocenters. The maximum atomic E-state index is 12.3. The van der Waals surface area contributed by atoms with Crippen LogP contribution in [0.25, 0.3) is 22.4 Å². The van der Waals surface area contributed by atoms with E-state index >= 15 is 0 Å². The Balaban J connectivity index is 2.06. The molecule has 5 nitrogen and oxygen atoms in total. The number of nitriles is 1. The van der Waals surface area contributed by atoms with Crippen molar-refractivity contribution in [2.24, 2.45) is 0 Å². The average molecular weight is 356 g/mol. The number of alkyl halides is 3. The predicted molar refractivity (Wildman–Crippen MR) is 88.7 cm³/mol. The van der Waals surface area contributed by atoms with E-state index in [1.807, 2.05) is 6.07 Å². The molecule has 3 rings (SSSR count). The molecule has 8 heteroatoms. The van der Waals surface area contributed by atoms with Gasteiger partial charge < -0.3 is 10.5 Å². The Bertz CT molecular complexity index is 965. The highest BCUT2D eigenvalue weighted by Crippen LogP contribution is 2.32. The molecular formula is C18H11F3N4O. The van der Waals surface area contributed by atoms with E-state index in [0.717, 1.165) is 0 Å². The number of nitrogens with zero attached hydrogens (tertiary/aromatic N) is 3. The second-order valence-corrected chi connectivity index (χ2v) is 5.24. The van der Waals surface area contributed by atoms with E-state index in [-0.39, 0.29) is 17.1 Å². The van der Waals surface area contributed by atoms with Crippen LogP contribution in [-0.4, -0.2) is 16.3 Å². The summed E-state index contributed by atoms with van der Waals surface area (Å²) < 4.78 is 40.7. The molecule has 0 aliphatic heterocycles. The smallest absolute Gasteiger partial charge is 0.406 e. The van der Waals surface area contributed by atoms with Gasteiger partial charge in [-0.25, -0.2) is 4.98 Å². The van der Waals surface area contributed by atoms with E-state index in [1.165, 1.54) is 24.3 Å². The quantitative estimate of drug-likeness (QED) is 0.761. The van der Waals surface area contributed by atoms with Gasteiger partial charge in [-0.1, -0.05) is 12.1 Å². The molecule has 0 radical (unpaired) electrons. The number of aromatic nitrogens is 2. The van der Waals surface area contributed by atoms with Crippen LogP contribution in [0.1, 0.15) is 5.56 Å². The van der Waals surface area contributed by atoms with Gasteiger partial charge in [0.15, 0.2) is 0 Å². The second-order valence-electron chi connectivity index (χ2n) is 5.24. The lowest BCUT2D eigenvalue weighted by atomic mass is 9.99. The summed E-state index contributed by atoms with van der Waals surface area (Å²) in [4.78, 5) is 8.22. The Morgan fingerprint density at radius 1 is 1.08 bits per heavy atom. The van der Waals surface area contributed by atoms with Gasteiger partial charge in [-0.05, 0) is 35.9 Å². The molecule has 2 N–H and O–H groups in total. The van der Waals surface area contributed by atoms with Gasteiger partial charge in [0, 0.05) is 23.5 Å². The van der Waals surface area contributed by atoms with Gasteiger partial charge in [0.05, 0.1) is 5.69 Å². The number of hydrogen-bond donors (Lipinski definition) is 1. The zero-order chi connectivity index (χ0) is 18.7. The van der Waals surface area contributed by atoms with E-state index < -0.39 is 6.36 Å². The van der Waals surface area contributed by atoms with Crippen molar-refractivity contribution in [2.75, 3.05) is 5.73 Å². The fourth-order valence-electron chi connectivity index (χ4n) is 2.41. The van der Waals surface area contributed by atoms with Crippen molar-refractivity contribution in [2.45, 2.75) is 6.36 Å². The number of anilines is 1. The maximum Gasteiger partial charge on any atom is 0.573 e. The molecule has 0 unspecified atom stereocenters. The number of pyridine rings is 2. The van der Waals surface area contributed by atoms with Crippen LogP contribution < -0.4 is 10.5 Å². The number of nitrogens with two attached hydrogens (primary N) is 1. The molecule has 0 bridgehead atoms. The molecule has 0 spiro atoms. The normalized spacial score (nSPS) is 11.0. The summed E-state index contributed by atoms with van der Waals surface area (Å²) in [6.07, 6.45) is -1.57. The van der Waals surface area contributed by atoms with Gasteiger partial charge in [-0.15, -0.1) is 13.2 Å². The minimum absolute atomic E-state index is 0.0273.